The molecule has 7 N–H and O–H groups in total. The topological polar surface area (TPSA) is 208 Å². The second-order valence-electron chi connectivity index (χ2n) is 13.7. The number of rotatable bonds is 8. The molecule has 40 heavy (non-hydrogen) atoms. The number of hydrogen-bond acceptors (Lipinski definition) is 11. The van der Waals surface area contributed by atoms with Gasteiger partial charge in [-0.2, -0.15) is 0 Å². The Morgan fingerprint density at radius 2 is 1.55 bits per heavy atom. The zero-order valence-electron chi connectivity index (χ0n) is 24.3. The Morgan fingerprint density at radius 1 is 0.950 bits per heavy atom. The molecule has 0 saturated heterocycles. The maximum atomic E-state index is 12.5. The second-order valence-corrected chi connectivity index (χ2v) is 14.7. The van der Waals surface area contributed by atoms with E-state index < -0.39 is 87.1 Å². The third-order valence-corrected chi connectivity index (χ3v) is 12.0. The molecule has 0 heterocycles. The van der Waals surface area contributed by atoms with E-state index in [1.165, 1.54) is 0 Å². The van der Waals surface area contributed by atoms with Crippen LogP contribution < -0.4 is 29.6 Å². The molecule has 0 aromatic carbocycles. The van der Waals surface area contributed by atoms with Crippen molar-refractivity contribution in [3.8, 4) is 0 Å². The van der Waals surface area contributed by atoms with E-state index in [0.717, 1.165) is 19.3 Å². The van der Waals surface area contributed by atoms with Gasteiger partial charge < -0.3 is 40.3 Å². The molecular weight excluding hydrogens is 555 g/mol. The fourth-order valence-electron chi connectivity index (χ4n) is 9.83. The quantitative estimate of drug-likeness (QED) is 0.0841. The first kappa shape index (κ1) is 35.1. The van der Waals surface area contributed by atoms with E-state index in [9.17, 15) is 48.7 Å². The Bertz CT molecular complexity index is 1000. The second kappa shape index (κ2) is 12.2. The van der Waals surface area contributed by atoms with E-state index in [1.54, 1.807) is 6.92 Å². The Morgan fingerprint density at radius 3 is 2.12 bits per heavy atom. The fourth-order valence-corrected chi connectivity index (χ4v) is 10.3. The Labute approximate surface area is 259 Å². The minimum atomic E-state index is -5.39. The molecule has 0 aromatic heterocycles. The minimum Gasteiger partial charge on any atom is -0.726 e. The van der Waals surface area contributed by atoms with Crippen LogP contribution in [-0.2, 0) is 14.6 Å². The van der Waals surface area contributed by atoms with E-state index in [-0.39, 0.29) is 60.8 Å². The molecule has 4 saturated carbocycles. The number of aliphatic hydroxyl groups is 7. The smallest absolute Gasteiger partial charge is 0.726 e. The van der Waals surface area contributed by atoms with Crippen molar-refractivity contribution < 1.29 is 82.5 Å². The molecule has 11 nitrogen and oxygen atoms in total. The first-order valence-electron chi connectivity index (χ1n) is 14.3. The molecule has 0 radical (unpaired) electrons. The average molecular weight is 603 g/mol. The molecule has 0 aliphatic heterocycles. The van der Waals surface area contributed by atoms with E-state index in [1.807, 2.05) is 20.8 Å². The normalized spacial score (nSPS) is 50.2. The molecule has 0 bridgehead atoms. The summed E-state index contributed by atoms with van der Waals surface area (Å²) in [5.74, 6) is -3.34. The predicted molar refractivity (Wildman–Crippen MR) is 137 cm³/mol. The molecule has 4 aliphatic rings. The Hall–Kier alpha value is 0.590. The molecule has 0 spiro atoms. The molecule has 15 atom stereocenters. The fraction of sp³-hybridized carbons (Fsp3) is 1.00. The van der Waals surface area contributed by atoms with Gasteiger partial charge in [-0.3, -0.25) is 4.18 Å². The summed E-state index contributed by atoms with van der Waals surface area (Å²) in [6.45, 7) is 7.64. The molecule has 4 fully saturated rings. The summed E-state index contributed by atoms with van der Waals surface area (Å²) in [6, 6.07) is 0. The Balaban J connectivity index is 0.00000441. The van der Waals surface area contributed by atoms with Gasteiger partial charge in [-0.25, -0.2) is 8.42 Å². The van der Waals surface area contributed by atoms with Gasteiger partial charge in [0.25, 0.3) is 0 Å². The summed E-state index contributed by atoms with van der Waals surface area (Å²) in [4.78, 5) is 0. The molecular formula is C27H47NaO11S. The van der Waals surface area contributed by atoms with Gasteiger partial charge in [0.1, 0.15) is 17.8 Å². The minimum absolute atomic E-state index is 0. The van der Waals surface area contributed by atoms with Crippen molar-refractivity contribution in [2.75, 3.05) is 6.61 Å². The van der Waals surface area contributed by atoms with Crippen LogP contribution in [0.25, 0.3) is 0 Å². The maximum Gasteiger partial charge on any atom is 1.00 e. The number of fused-ring (bicyclic) bond motifs is 5. The van der Waals surface area contributed by atoms with Crippen LogP contribution in [0.2, 0.25) is 0 Å². The van der Waals surface area contributed by atoms with Crippen LogP contribution in [0.15, 0.2) is 0 Å². The van der Waals surface area contributed by atoms with Gasteiger partial charge in [0.15, 0.2) is 0 Å². The zero-order valence-corrected chi connectivity index (χ0v) is 27.1. The molecule has 0 aromatic rings. The van der Waals surface area contributed by atoms with Gasteiger partial charge >= 0.3 is 29.6 Å². The molecule has 0 amide bonds. The van der Waals surface area contributed by atoms with Crippen LogP contribution in [0.4, 0.5) is 0 Å². The largest absolute Gasteiger partial charge is 1.00 e. The van der Waals surface area contributed by atoms with Crippen molar-refractivity contribution >= 4 is 10.4 Å². The van der Waals surface area contributed by atoms with Crippen molar-refractivity contribution in [1.82, 2.24) is 0 Å². The zero-order chi connectivity index (χ0) is 29.3. The molecule has 4 rings (SSSR count). The summed E-state index contributed by atoms with van der Waals surface area (Å²) >= 11 is 0. The molecule has 228 valence electrons. The van der Waals surface area contributed by atoms with Crippen molar-refractivity contribution in [3.63, 3.8) is 0 Å². The first-order chi connectivity index (χ1) is 17.9. The summed E-state index contributed by atoms with van der Waals surface area (Å²) < 4.78 is 40.2. The third kappa shape index (κ3) is 5.50. The SMILES string of the molecule is C[C@@H](CO)CCC[C@@H](C)[C@H]1[C@@H](O)[C@@H](O)[C@@H]2[C@]1(C)CC[C@H]1[C@@]2(O)[C@H](O)[C@H](OS(=O)(=O)[O-])C2[C@@H](O)[C@@H](O)CC[C@@]21C.[Na+]. The van der Waals surface area contributed by atoms with E-state index in [0.29, 0.717) is 12.8 Å². The van der Waals surface area contributed by atoms with Crippen molar-refractivity contribution in [2.24, 2.45) is 46.3 Å². The summed E-state index contributed by atoms with van der Waals surface area (Å²) in [7, 11) is -5.39. The Kier molecular flexibility index (Phi) is 10.7. The monoisotopic (exact) mass is 602 g/mol. The summed E-state index contributed by atoms with van der Waals surface area (Å²) in [5.41, 5.74) is -4.03. The van der Waals surface area contributed by atoms with Crippen molar-refractivity contribution in [2.45, 2.75) is 115 Å². The first-order valence-corrected chi connectivity index (χ1v) is 15.7. The third-order valence-electron chi connectivity index (χ3n) is 11.5. The summed E-state index contributed by atoms with van der Waals surface area (Å²) in [5, 5.41) is 77.8. The van der Waals surface area contributed by atoms with Gasteiger partial charge in [0.2, 0.25) is 10.4 Å². The maximum absolute atomic E-state index is 12.5. The van der Waals surface area contributed by atoms with Gasteiger partial charge in [0, 0.05) is 18.4 Å². The van der Waals surface area contributed by atoms with Crippen LogP contribution in [0, 0.1) is 46.3 Å². The standard InChI is InChI=1S/C27H48O11S.Na/c1-13(12-28)6-5-7-14(2)17-20(31)21(32)23-26(17,4)11-9-16-25(3)10-8-15(29)19(30)18(25)22(38-39(35,36)37)24(33)27(16,23)34;/h13-24,28-34H,5-12H2,1-4H3,(H,35,36,37);/q;+1/p-1/t13-,14-,15+,16-,17+,18?,19+,20-,21-,22-,23-,24-,25-,26-,27+;/m1./s1. The number of hydrogen-bond donors (Lipinski definition) is 7. The van der Waals surface area contributed by atoms with Crippen LogP contribution in [0.5, 0.6) is 0 Å². The van der Waals surface area contributed by atoms with Crippen molar-refractivity contribution in [1.29, 1.82) is 0 Å². The predicted octanol–water partition coefficient (Wildman–Crippen LogP) is -3.10. The van der Waals surface area contributed by atoms with Gasteiger partial charge in [0.05, 0.1) is 24.4 Å². The average Bonchev–Trinajstić information content (AvgIpc) is 3.04. The van der Waals surface area contributed by atoms with Gasteiger partial charge in [-0.15, -0.1) is 0 Å². The summed E-state index contributed by atoms with van der Waals surface area (Å²) in [6.07, 6.45) is -5.63. The van der Waals surface area contributed by atoms with E-state index in [4.69, 9.17) is 4.18 Å². The van der Waals surface area contributed by atoms with E-state index >= 15 is 0 Å². The van der Waals surface area contributed by atoms with E-state index in [2.05, 4.69) is 0 Å². The molecule has 1 unspecified atom stereocenters. The van der Waals surface area contributed by atoms with Crippen molar-refractivity contribution in [3.05, 3.63) is 0 Å². The molecule has 13 heteroatoms. The van der Waals surface area contributed by atoms with Crippen LogP contribution in [0.1, 0.15) is 72.6 Å². The van der Waals surface area contributed by atoms with Gasteiger partial charge in [-0.1, -0.05) is 40.5 Å². The van der Waals surface area contributed by atoms with Crippen LogP contribution in [0.3, 0.4) is 0 Å². The number of aliphatic hydroxyl groups excluding tert-OH is 6. The molecule has 4 aliphatic carbocycles. The van der Waals surface area contributed by atoms with Crippen LogP contribution >= 0.6 is 0 Å². The van der Waals surface area contributed by atoms with Crippen LogP contribution in [-0.4, -0.2) is 97.5 Å². The van der Waals surface area contributed by atoms with Gasteiger partial charge in [-0.05, 0) is 66.6 Å².